The van der Waals surface area contributed by atoms with Crippen LogP contribution in [-0.2, 0) is 80.6 Å². The van der Waals surface area contributed by atoms with Crippen molar-refractivity contribution < 1.29 is 101 Å². The van der Waals surface area contributed by atoms with Gasteiger partial charge in [0, 0.05) is 57.3 Å². The van der Waals surface area contributed by atoms with Gasteiger partial charge in [0.05, 0.1) is 117 Å². The first-order chi connectivity index (χ1) is 38.2. The Morgan fingerprint density at radius 2 is 1.26 bits per heavy atom. The third kappa shape index (κ3) is 8.84. The summed E-state index contributed by atoms with van der Waals surface area (Å²) in [6.45, 7) is 17.5. The molecule has 0 radical (unpaired) electrons. The first-order valence-corrected chi connectivity index (χ1v) is 30.4. The summed E-state index contributed by atoms with van der Waals surface area (Å²) in [7, 11) is 0. The van der Waals surface area contributed by atoms with E-state index >= 15 is 0 Å². The molecular formula is C59H82O21. The number of carbonyl (C=O) groups is 2. The predicted octanol–water partition coefficient (Wildman–Crippen LogP) is 3.95. The zero-order valence-electron chi connectivity index (χ0n) is 46.3. The number of carboxylic acids is 1. The highest BCUT2D eigenvalue weighted by Crippen LogP contribution is 2.59. The molecule has 16 aliphatic heterocycles. The molecule has 16 saturated heterocycles. The van der Waals surface area contributed by atoms with E-state index in [1.807, 2.05) is 0 Å². The Morgan fingerprint density at radius 1 is 0.562 bits per heavy atom. The first kappa shape index (κ1) is 54.4. The quantitative estimate of drug-likeness (QED) is 0.226. The lowest BCUT2D eigenvalue weighted by atomic mass is 9.78. The number of ether oxygens (including phenoxy) is 15. The molecule has 0 aromatic rings. The molecule has 21 heteroatoms. The Labute approximate surface area is 466 Å². The minimum absolute atomic E-state index is 0.00631. The predicted molar refractivity (Wildman–Crippen MR) is 271 cm³/mol. The number of rotatable bonds is 2. The standard InChI is InChI=1S/C59H82O21/c1-24-13-30-7-9-34-25(2)14-32(66-34)11-12-58-55(64)59(65)54(80-58)53-52(79-59)51(78-58)50-35(70-53)10-8-31(68-50)15-45(63)73-49-29(6)48-40(69-39(49)17-36(67-30)28(24)5)18-38-42(72-48)22-57(74-38)23-43-47(77-57)27(4)21-56(76-43)20-26(3)46-41(75-56)16-33(60)37(71-46)19-44(61)62/h24,26-27,29-43,46-55,60,64-65H,2,5,7-23H2,1,3-4,6H3,(H,61,62)/t24-,26+,27+,29+,30+,31-,32+,33-,34+,35+,36-,37-,38-,39+,40+,41+,42-,43+,46+,47+,48+,49-,50+,51+,52+,53-,54-,55+,56-,57+,58-,59+/m1/s1. The fourth-order valence-corrected chi connectivity index (χ4v) is 18.0. The molecule has 0 saturated carbocycles. The third-order valence-corrected chi connectivity index (χ3v) is 21.8. The second kappa shape index (κ2) is 19.6. The first-order valence-electron chi connectivity index (χ1n) is 30.4. The second-order valence-electron chi connectivity index (χ2n) is 27.3. The molecule has 0 aliphatic carbocycles. The molecule has 16 fully saturated rings. The number of aliphatic hydroxyl groups is 3. The van der Waals surface area contributed by atoms with Crippen LogP contribution in [0.25, 0.3) is 0 Å². The van der Waals surface area contributed by atoms with Crippen LogP contribution in [0.4, 0.5) is 0 Å². The average molecular weight is 1130 g/mol. The van der Waals surface area contributed by atoms with E-state index in [0.29, 0.717) is 70.6 Å². The zero-order chi connectivity index (χ0) is 55.1. The van der Waals surface area contributed by atoms with Crippen molar-refractivity contribution in [1.29, 1.82) is 0 Å². The number of carboxylic acid groups (broad SMARTS) is 1. The van der Waals surface area contributed by atoms with Crippen molar-refractivity contribution in [1.82, 2.24) is 0 Å². The molecular weight excluding hydrogens is 1040 g/mol. The van der Waals surface area contributed by atoms with Crippen molar-refractivity contribution in [3.8, 4) is 0 Å². The van der Waals surface area contributed by atoms with Crippen molar-refractivity contribution in [3.05, 3.63) is 24.3 Å². The Kier molecular flexibility index (Phi) is 13.3. The van der Waals surface area contributed by atoms with Crippen molar-refractivity contribution in [2.24, 2.45) is 23.7 Å². The fourth-order valence-electron chi connectivity index (χ4n) is 18.0. The van der Waals surface area contributed by atoms with Crippen molar-refractivity contribution in [3.63, 3.8) is 0 Å². The summed E-state index contributed by atoms with van der Waals surface area (Å²) in [4.78, 5) is 26.1. The molecule has 32 atom stereocenters. The minimum Gasteiger partial charge on any atom is -0.481 e. The van der Waals surface area contributed by atoms with Gasteiger partial charge in [0.15, 0.2) is 17.7 Å². The van der Waals surface area contributed by atoms with Crippen LogP contribution in [0.3, 0.4) is 0 Å². The summed E-state index contributed by atoms with van der Waals surface area (Å²) in [5.74, 6) is -7.08. The normalized spacial score (nSPS) is 58.7. The second-order valence-corrected chi connectivity index (χ2v) is 27.3. The number of esters is 1. The Morgan fingerprint density at radius 3 is 2.09 bits per heavy atom. The minimum atomic E-state index is -2.04. The monoisotopic (exact) mass is 1130 g/mol. The molecule has 0 amide bonds. The molecule has 12 bridgehead atoms. The van der Waals surface area contributed by atoms with Gasteiger partial charge in [-0.05, 0) is 73.8 Å². The van der Waals surface area contributed by atoms with Gasteiger partial charge < -0.3 is 91.5 Å². The molecule has 444 valence electrons. The van der Waals surface area contributed by atoms with Gasteiger partial charge in [0.2, 0.25) is 11.6 Å². The smallest absolute Gasteiger partial charge is 0.308 e. The van der Waals surface area contributed by atoms with Gasteiger partial charge in [0.1, 0.15) is 36.6 Å². The van der Waals surface area contributed by atoms with E-state index in [4.69, 9.17) is 71.1 Å². The fraction of sp³-hybridized carbons (Fsp3) is 0.898. The number of carbonyl (C=O) groups excluding carboxylic acids is 1. The molecule has 16 heterocycles. The van der Waals surface area contributed by atoms with E-state index in [2.05, 4.69) is 40.9 Å². The summed E-state index contributed by atoms with van der Waals surface area (Å²) in [6, 6.07) is 0. The zero-order valence-corrected chi connectivity index (χ0v) is 46.3. The van der Waals surface area contributed by atoms with Crippen LogP contribution in [0.5, 0.6) is 0 Å². The molecule has 80 heavy (non-hydrogen) atoms. The van der Waals surface area contributed by atoms with Gasteiger partial charge in [0.25, 0.3) is 0 Å². The van der Waals surface area contributed by atoms with Crippen LogP contribution in [0.15, 0.2) is 24.3 Å². The molecule has 0 aromatic carbocycles. The number of aliphatic carboxylic acids is 1. The lowest BCUT2D eigenvalue weighted by molar-refractivity contribution is -0.371. The van der Waals surface area contributed by atoms with E-state index in [9.17, 15) is 30.0 Å². The molecule has 3 spiro atoms. The number of hydrogen-bond acceptors (Lipinski definition) is 20. The summed E-state index contributed by atoms with van der Waals surface area (Å²) >= 11 is 0. The maximum absolute atomic E-state index is 14.6. The lowest BCUT2D eigenvalue weighted by Crippen LogP contribution is -2.63. The largest absolute Gasteiger partial charge is 0.481 e. The van der Waals surface area contributed by atoms with Crippen molar-refractivity contribution in [2.45, 2.75) is 306 Å². The van der Waals surface area contributed by atoms with Gasteiger partial charge in [-0.3, -0.25) is 9.59 Å². The molecule has 4 N–H and O–H groups in total. The number of fused-ring (bicyclic) bond motifs is 10. The van der Waals surface area contributed by atoms with Crippen LogP contribution >= 0.6 is 0 Å². The highest BCUT2D eigenvalue weighted by Gasteiger charge is 2.79. The van der Waals surface area contributed by atoms with Crippen LogP contribution < -0.4 is 0 Å². The molecule has 16 aliphatic rings. The van der Waals surface area contributed by atoms with E-state index in [-0.39, 0.29) is 110 Å². The van der Waals surface area contributed by atoms with Gasteiger partial charge in [-0.2, -0.15) is 0 Å². The Balaban J connectivity index is 0.666. The maximum atomic E-state index is 14.6. The van der Waals surface area contributed by atoms with E-state index in [1.54, 1.807) is 0 Å². The topological polar surface area (TPSA) is 254 Å². The average Bonchev–Trinajstić information content (AvgIpc) is 4.32. The highest BCUT2D eigenvalue weighted by atomic mass is 16.8. The molecule has 0 aromatic heterocycles. The lowest BCUT2D eigenvalue weighted by Gasteiger charge is -2.54. The van der Waals surface area contributed by atoms with Gasteiger partial charge in [-0.1, -0.05) is 40.9 Å². The summed E-state index contributed by atoms with van der Waals surface area (Å²) < 4.78 is 102. The van der Waals surface area contributed by atoms with Crippen LogP contribution in [0, 0.1) is 23.7 Å². The van der Waals surface area contributed by atoms with Crippen LogP contribution in [0.2, 0.25) is 0 Å². The van der Waals surface area contributed by atoms with E-state index in [1.165, 1.54) is 0 Å². The van der Waals surface area contributed by atoms with Gasteiger partial charge in [-0.15, -0.1) is 0 Å². The Bertz CT molecular complexity index is 2460. The number of aliphatic hydroxyl groups excluding tert-OH is 2. The number of hydrogen-bond donors (Lipinski definition) is 4. The molecule has 21 nitrogen and oxygen atoms in total. The summed E-state index contributed by atoms with van der Waals surface area (Å²) in [5.41, 5.74) is 1.99. The van der Waals surface area contributed by atoms with Gasteiger partial charge >= 0.3 is 11.9 Å². The highest BCUT2D eigenvalue weighted by molar-refractivity contribution is 5.70. The summed E-state index contributed by atoms with van der Waals surface area (Å²) in [5, 5.41) is 44.2. The Hall–Kier alpha value is -2.26. The maximum Gasteiger partial charge on any atom is 0.308 e. The van der Waals surface area contributed by atoms with Crippen molar-refractivity contribution in [2.75, 3.05) is 0 Å². The van der Waals surface area contributed by atoms with Crippen LogP contribution in [0.1, 0.15) is 137 Å². The molecule has 16 rings (SSSR count). The molecule has 0 unspecified atom stereocenters. The van der Waals surface area contributed by atoms with Crippen LogP contribution in [-0.4, -0.2) is 202 Å². The summed E-state index contributed by atoms with van der Waals surface area (Å²) in [6.07, 6.45) is -5.45. The van der Waals surface area contributed by atoms with E-state index in [0.717, 1.165) is 24.0 Å². The van der Waals surface area contributed by atoms with E-state index < -0.39 is 121 Å². The third-order valence-electron chi connectivity index (χ3n) is 21.8. The SMILES string of the molecule is C=C1C[C@@H]2CC[C@@]34O[C@@H]5[C@@H]6O[C@@](O)([C@H](O3)[C@@H]6O[C@H]3CC[C@H](CC(=O)O[C@@H]6[C@@H](C)[C@@H]7O[C@@H]8C[C@]9(C[C@@H]%10O[C@]%11(C[C@H](C)[C@@H]%12O[C@H](CC(=O)O)[C@H](O)C[C@@H]%12O%11)C[C@H](C)[C@@H]%10O9)O[C@@H]8C[C@@H]7O[C@H]6C[C@H]6O[C@@H](CC[C@@H]1O2)C[C@@H](C)C6=C)O[C@H]53)[C@H]4O. The van der Waals surface area contributed by atoms with Crippen molar-refractivity contribution >= 4 is 11.9 Å². The van der Waals surface area contributed by atoms with Gasteiger partial charge in [-0.25, -0.2) is 0 Å².